The van der Waals surface area contributed by atoms with Crippen LogP contribution in [0.3, 0.4) is 0 Å². The van der Waals surface area contributed by atoms with Gasteiger partial charge >= 0.3 is 6.09 Å². The van der Waals surface area contributed by atoms with Gasteiger partial charge in [-0.15, -0.1) is 11.3 Å². The lowest BCUT2D eigenvalue weighted by atomic mass is 9.86. The number of anilines is 2. The standard InChI is InChI=1S/C27H38N6O4S2/c1-6-30-39(35,36)24-13-20(31-26-29-14-22(33-26)16(2)3)11-12-21(24)23-15-28-25(38-23)18-7-9-19(10-8-18)32-27(34)37-17(4)5/h11-19,30H,6-10H2,1-5H3,(H,32,34)(H2,29,31,33)/t18-,19-. The minimum absolute atomic E-state index is 0.0922. The minimum atomic E-state index is -3.75. The van der Waals surface area contributed by atoms with Crippen LogP contribution in [0.5, 0.6) is 0 Å². The van der Waals surface area contributed by atoms with E-state index in [-0.39, 0.29) is 35.6 Å². The fourth-order valence-electron chi connectivity index (χ4n) is 4.62. The Morgan fingerprint density at radius 1 is 1.13 bits per heavy atom. The van der Waals surface area contributed by atoms with Crippen molar-refractivity contribution in [2.75, 3.05) is 11.9 Å². The molecular weight excluding hydrogens is 536 g/mol. The van der Waals surface area contributed by atoms with Crippen molar-refractivity contribution in [3.05, 3.63) is 41.3 Å². The Morgan fingerprint density at radius 3 is 2.51 bits per heavy atom. The van der Waals surface area contributed by atoms with Gasteiger partial charge in [0, 0.05) is 41.6 Å². The Labute approximate surface area is 234 Å². The third-order valence-electron chi connectivity index (χ3n) is 6.62. The number of sulfonamides is 1. The van der Waals surface area contributed by atoms with Crippen molar-refractivity contribution >= 4 is 39.1 Å². The molecule has 0 saturated heterocycles. The first-order chi connectivity index (χ1) is 18.6. The van der Waals surface area contributed by atoms with Gasteiger partial charge in [0.05, 0.1) is 27.1 Å². The number of imidazole rings is 1. The molecule has 1 aromatic carbocycles. The molecule has 212 valence electrons. The van der Waals surface area contributed by atoms with E-state index in [0.717, 1.165) is 41.3 Å². The van der Waals surface area contributed by atoms with E-state index >= 15 is 0 Å². The summed E-state index contributed by atoms with van der Waals surface area (Å²) in [5, 5.41) is 7.13. The first-order valence-electron chi connectivity index (χ1n) is 13.4. The first kappa shape index (κ1) is 29.0. The Balaban J connectivity index is 1.52. The lowest BCUT2D eigenvalue weighted by Crippen LogP contribution is -2.38. The van der Waals surface area contributed by atoms with Crippen molar-refractivity contribution in [3.8, 4) is 10.4 Å². The summed E-state index contributed by atoms with van der Waals surface area (Å²) in [5.74, 6) is 1.13. The number of aromatic amines is 1. The van der Waals surface area contributed by atoms with Crippen LogP contribution in [-0.4, -0.2) is 48.2 Å². The SMILES string of the molecule is CCNS(=O)(=O)c1cc(Nc2ncc(C(C)C)[nH]2)ccc1-c1cnc([C@H]2CC[C@H](NC(=O)OC(C)C)CC2)s1. The number of nitrogens with one attached hydrogen (secondary N) is 4. The molecule has 0 atom stereocenters. The number of thiazole rings is 1. The highest BCUT2D eigenvalue weighted by molar-refractivity contribution is 7.89. The molecule has 1 fully saturated rings. The van der Waals surface area contributed by atoms with E-state index in [2.05, 4.69) is 44.2 Å². The second-order valence-corrected chi connectivity index (χ2v) is 13.2. The number of hydrogen-bond donors (Lipinski definition) is 4. The summed E-state index contributed by atoms with van der Waals surface area (Å²) < 4.78 is 34.2. The number of rotatable bonds is 10. The number of H-pyrrole nitrogens is 1. The fourth-order valence-corrected chi connectivity index (χ4v) is 7.10. The Kier molecular flexibility index (Phi) is 9.29. The number of aromatic nitrogens is 3. The average Bonchev–Trinajstić information content (AvgIpc) is 3.54. The molecule has 1 aliphatic rings. The van der Waals surface area contributed by atoms with E-state index in [1.807, 2.05) is 26.0 Å². The number of carbonyl (C=O) groups excluding carboxylic acids is 1. The lowest BCUT2D eigenvalue weighted by molar-refractivity contribution is 0.109. The molecule has 1 amide bonds. The zero-order valence-corrected chi connectivity index (χ0v) is 24.7. The third kappa shape index (κ3) is 7.37. The van der Waals surface area contributed by atoms with Crippen molar-refractivity contribution in [3.63, 3.8) is 0 Å². The van der Waals surface area contributed by atoms with Gasteiger partial charge in [0.15, 0.2) is 0 Å². The van der Waals surface area contributed by atoms with Crippen LogP contribution in [0.4, 0.5) is 16.4 Å². The summed E-state index contributed by atoms with van der Waals surface area (Å²) in [4.78, 5) is 25.2. The molecule has 0 aliphatic heterocycles. The zero-order valence-electron chi connectivity index (χ0n) is 23.1. The van der Waals surface area contributed by atoms with E-state index in [0.29, 0.717) is 23.1 Å². The Hall–Kier alpha value is -2.96. The van der Waals surface area contributed by atoms with Gasteiger partial charge in [0.2, 0.25) is 16.0 Å². The van der Waals surface area contributed by atoms with Crippen molar-refractivity contribution in [2.24, 2.45) is 0 Å². The fraction of sp³-hybridized carbons (Fsp3) is 0.519. The highest BCUT2D eigenvalue weighted by Gasteiger charge is 2.27. The van der Waals surface area contributed by atoms with Gasteiger partial charge in [-0.05, 0) is 57.6 Å². The molecule has 39 heavy (non-hydrogen) atoms. The molecule has 0 spiro atoms. The molecule has 1 aliphatic carbocycles. The maximum Gasteiger partial charge on any atom is 0.407 e. The van der Waals surface area contributed by atoms with E-state index < -0.39 is 10.0 Å². The second-order valence-electron chi connectivity index (χ2n) is 10.4. The van der Waals surface area contributed by atoms with Gasteiger partial charge in [-0.2, -0.15) is 0 Å². The Morgan fingerprint density at radius 2 is 1.87 bits per heavy atom. The van der Waals surface area contributed by atoms with Crippen LogP contribution in [0.25, 0.3) is 10.4 Å². The average molecular weight is 575 g/mol. The van der Waals surface area contributed by atoms with Gasteiger partial charge < -0.3 is 20.4 Å². The summed E-state index contributed by atoms with van der Waals surface area (Å²) >= 11 is 1.53. The minimum Gasteiger partial charge on any atom is -0.447 e. The molecule has 12 heteroatoms. The molecule has 0 unspecified atom stereocenters. The quantitative estimate of drug-likeness (QED) is 0.238. The zero-order chi connectivity index (χ0) is 28.2. The van der Waals surface area contributed by atoms with Crippen molar-refractivity contribution in [1.29, 1.82) is 0 Å². The van der Waals surface area contributed by atoms with Crippen LogP contribution in [-0.2, 0) is 14.8 Å². The smallest absolute Gasteiger partial charge is 0.407 e. The molecule has 10 nitrogen and oxygen atoms in total. The largest absolute Gasteiger partial charge is 0.447 e. The van der Waals surface area contributed by atoms with E-state index in [1.54, 1.807) is 25.4 Å². The van der Waals surface area contributed by atoms with Crippen molar-refractivity contribution < 1.29 is 17.9 Å². The van der Waals surface area contributed by atoms with Crippen LogP contribution < -0.4 is 15.4 Å². The van der Waals surface area contributed by atoms with Gasteiger partial charge in [-0.25, -0.2) is 27.9 Å². The van der Waals surface area contributed by atoms with Crippen molar-refractivity contribution in [1.82, 2.24) is 25.0 Å². The normalized spacial score (nSPS) is 17.9. The van der Waals surface area contributed by atoms with E-state index in [1.165, 1.54) is 11.3 Å². The topological polar surface area (TPSA) is 138 Å². The maximum absolute atomic E-state index is 13.2. The predicted octanol–water partition coefficient (Wildman–Crippen LogP) is 5.86. The highest BCUT2D eigenvalue weighted by Crippen LogP contribution is 2.40. The number of benzene rings is 1. The van der Waals surface area contributed by atoms with Gasteiger partial charge in [-0.1, -0.05) is 26.8 Å². The molecule has 2 aromatic heterocycles. The second kappa shape index (κ2) is 12.5. The van der Waals surface area contributed by atoms with Gasteiger partial charge in [0.25, 0.3) is 0 Å². The summed E-state index contributed by atoms with van der Waals surface area (Å²) in [7, 11) is -3.75. The van der Waals surface area contributed by atoms with Crippen LogP contribution >= 0.6 is 11.3 Å². The van der Waals surface area contributed by atoms with Crippen LogP contribution in [0, 0.1) is 0 Å². The number of amides is 1. The monoisotopic (exact) mass is 574 g/mol. The van der Waals surface area contributed by atoms with Crippen LogP contribution in [0.1, 0.15) is 82.8 Å². The van der Waals surface area contributed by atoms with Crippen LogP contribution in [0.15, 0.2) is 35.5 Å². The third-order valence-corrected chi connectivity index (χ3v) is 9.39. The summed E-state index contributed by atoms with van der Waals surface area (Å²) in [6, 6.07) is 5.40. The van der Waals surface area contributed by atoms with Crippen LogP contribution in [0.2, 0.25) is 0 Å². The van der Waals surface area contributed by atoms with E-state index in [9.17, 15) is 13.2 Å². The number of carbonyl (C=O) groups is 1. The molecule has 0 radical (unpaired) electrons. The lowest BCUT2D eigenvalue weighted by Gasteiger charge is -2.28. The number of nitrogens with zero attached hydrogens (tertiary/aromatic N) is 2. The molecule has 1 saturated carbocycles. The highest BCUT2D eigenvalue weighted by atomic mass is 32.2. The molecule has 2 heterocycles. The molecule has 3 aromatic rings. The first-order valence-corrected chi connectivity index (χ1v) is 15.7. The van der Waals surface area contributed by atoms with Crippen molar-refractivity contribution in [2.45, 2.75) is 89.2 Å². The molecular formula is C27H38N6O4S2. The summed E-state index contributed by atoms with van der Waals surface area (Å²) in [6.45, 7) is 9.85. The molecule has 0 bridgehead atoms. The number of alkyl carbamates (subject to hydrolysis) is 1. The maximum atomic E-state index is 13.2. The van der Waals surface area contributed by atoms with E-state index in [4.69, 9.17) is 4.74 Å². The number of ether oxygens (including phenoxy) is 1. The molecule has 4 N–H and O–H groups in total. The van der Waals surface area contributed by atoms with Gasteiger partial charge in [-0.3, -0.25) is 0 Å². The van der Waals surface area contributed by atoms with Gasteiger partial charge in [0.1, 0.15) is 0 Å². The molecule has 4 rings (SSSR count). The number of hydrogen-bond acceptors (Lipinski definition) is 8. The summed E-state index contributed by atoms with van der Waals surface area (Å²) in [5.41, 5.74) is 2.22. The predicted molar refractivity (Wildman–Crippen MR) is 154 cm³/mol. The summed E-state index contributed by atoms with van der Waals surface area (Å²) in [6.07, 6.45) is 6.50. The Bertz CT molecular complexity index is 1370.